The number of ether oxygens (including phenoxy) is 1. The highest BCUT2D eigenvalue weighted by atomic mass is 32.1. The van der Waals surface area contributed by atoms with Crippen LogP contribution in [0.3, 0.4) is 0 Å². The molecule has 3 rings (SSSR count). The van der Waals surface area contributed by atoms with E-state index in [1.54, 1.807) is 24.3 Å². The third kappa shape index (κ3) is 4.26. The molecule has 26 heavy (non-hydrogen) atoms. The molecule has 0 saturated carbocycles. The molecule has 7 nitrogen and oxygen atoms in total. The Morgan fingerprint density at radius 2 is 2.15 bits per heavy atom. The van der Waals surface area contributed by atoms with Crippen LogP contribution in [0.4, 0.5) is 5.69 Å². The lowest BCUT2D eigenvalue weighted by Crippen LogP contribution is -2.16. The van der Waals surface area contributed by atoms with Gasteiger partial charge in [-0.15, -0.1) is 0 Å². The molecule has 136 valence electrons. The number of anilines is 1. The second kappa shape index (κ2) is 8.09. The van der Waals surface area contributed by atoms with Crippen molar-refractivity contribution >= 4 is 27.9 Å². The molecule has 0 aliphatic heterocycles. The van der Waals surface area contributed by atoms with Crippen LogP contribution in [0.15, 0.2) is 35.1 Å². The fraction of sp³-hybridized carbons (Fsp3) is 0.333. The number of aromatic nitrogens is 3. The minimum atomic E-state index is -0.217. The van der Waals surface area contributed by atoms with Gasteiger partial charge in [0.15, 0.2) is 0 Å². The predicted octanol–water partition coefficient (Wildman–Crippen LogP) is 3.03. The number of carbonyl (C=O) groups excluding carboxylic acids is 1. The van der Waals surface area contributed by atoms with Gasteiger partial charge in [-0.3, -0.25) is 9.59 Å². The first-order valence-corrected chi connectivity index (χ1v) is 9.32. The molecule has 2 aromatic heterocycles. The van der Waals surface area contributed by atoms with Crippen molar-refractivity contribution in [2.75, 3.05) is 5.32 Å². The highest BCUT2D eigenvalue weighted by molar-refractivity contribution is 7.16. The van der Waals surface area contributed by atoms with E-state index in [0.29, 0.717) is 28.5 Å². The molecular weight excluding hydrogens is 352 g/mol. The van der Waals surface area contributed by atoms with Gasteiger partial charge in [-0.1, -0.05) is 31.3 Å². The van der Waals surface area contributed by atoms with Gasteiger partial charge in [0.05, 0.1) is 5.69 Å². The Morgan fingerprint density at radius 3 is 2.92 bits per heavy atom. The second-order valence-electron chi connectivity index (χ2n) is 5.74. The van der Waals surface area contributed by atoms with Gasteiger partial charge in [-0.05, 0) is 25.0 Å². The second-order valence-corrected chi connectivity index (χ2v) is 6.78. The zero-order chi connectivity index (χ0) is 18.5. The summed E-state index contributed by atoms with van der Waals surface area (Å²) in [6.07, 6.45) is 2.03. The Bertz CT molecular complexity index is 980. The Hall–Kier alpha value is -2.74. The van der Waals surface area contributed by atoms with Gasteiger partial charge < -0.3 is 10.1 Å². The Labute approximate surface area is 154 Å². The molecule has 1 amide bonds. The third-order valence-corrected chi connectivity index (χ3v) is 4.68. The summed E-state index contributed by atoms with van der Waals surface area (Å²) in [6, 6.07) is 8.59. The lowest BCUT2D eigenvalue weighted by molar-refractivity contribution is -0.116. The lowest BCUT2D eigenvalue weighted by atomic mass is 10.2. The molecule has 3 aromatic rings. The van der Waals surface area contributed by atoms with Gasteiger partial charge >= 0.3 is 0 Å². The summed E-state index contributed by atoms with van der Waals surface area (Å²) in [7, 11) is 0. The van der Waals surface area contributed by atoms with E-state index in [9.17, 15) is 9.59 Å². The SMILES string of the molecule is CCCC(=O)Nc1cccc(OCc2cc(=O)n3nc(CC)sc3n2)c1. The largest absolute Gasteiger partial charge is 0.487 e. The first-order valence-electron chi connectivity index (χ1n) is 8.50. The fourth-order valence-corrected chi connectivity index (χ4v) is 3.24. The quantitative estimate of drug-likeness (QED) is 0.689. The summed E-state index contributed by atoms with van der Waals surface area (Å²) in [6.45, 7) is 4.11. The summed E-state index contributed by atoms with van der Waals surface area (Å²) >= 11 is 1.40. The monoisotopic (exact) mass is 372 g/mol. The van der Waals surface area contributed by atoms with E-state index in [-0.39, 0.29) is 18.1 Å². The number of benzene rings is 1. The minimum absolute atomic E-state index is 0.0262. The van der Waals surface area contributed by atoms with E-state index in [0.717, 1.165) is 17.8 Å². The normalized spacial score (nSPS) is 10.8. The number of nitrogens with zero attached hydrogens (tertiary/aromatic N) is 3. The number of rotatable bonds is 7. The van der Waals surface area contributed by atoms with E-state index in [2.05, 4.69) is 15.4 Å². The van der Waals surface area contributed by atoms with Crippen molar-refractivity contribution in [1.29, 1.82) is 0 Å². The first-order chi connectivity index (χ1) is 12.6. The average Bonchev–Trinajstić information content (AvgIpc) is 3.04. The Morgan fingerprint density at radius 1 is 1.31 bits per heavy atom. The molecule has 0 spiro atoms. The van der Waals surface area contributed by atoms with Crippen LogP contribution in [-0.2, 0) is 17.8 Å². The van der Waals surface area contributed by atoms with E-state index >= 15 is 0 Å². The highest BCUT2D eigenvalue weighted by Crippen LogP contribution is 2.19. The van der Waals surface area contributed by atoms with Crippen molar-refractivity contribution in [3.05, 3.63) is 51.4 Å². The summed E-state index contributed by atoms with van der Waals surface area (Å²) in [5, 5.41) is 7.92. The van der Waals surface area contributed by atoms with Crippen LogP contribution in [0.5, 0.6) is 5.75 Å². The fourth-order valence-electron chi connectivity index (χ4n) is 2.38. The molecule has 0 saturated heterocycles. The highest BCUT2D eigenvalue weighted by Gasteiger charge is 2.09. The van der Waals surface area contributed by atoms with E-state index in [1.807, 2.05) is 13.8 Å². The van der Waals surface area contributed by atoms with Crippen LogP contribution in [0, 0.1) is 0 Å². The number of hydrogen-bond donors (Lipinski definition) is 1. The van der Waals surface area contributed by atoms with Gasteiger partial charge in [0.2, 0.25) is 10.9 Å². The van der Waals surface area contributed by atoms with Crippen molar-refractivity contribution in [3.63, 3.8) is 0 Å². The third-order valence-electron chi connectivity index (χ3n) is 3.62. The molecule has 0 fully saturated rings. The van der Waals surface area contributed by atoms with Crippen LogP contribution in [0.25, 0.3) is 4.96 Å². The topological polar surface area (TPSA) is 85.6 Å². The van der Waals surface area contributed by atoms with Crippen LogP contribution >= 0.6 is 11.3 Å². The maximum atomic E-state index is 12.1. The van der Waals surface area contributed by atoms with E-state index < -0.39 is 0 Å². The zero-order valence-electron chi connectivity index (χ0n) is 14.7. The van der Waals surface area contributed by atoms with Crippen LogP contribution in [0.2, 0.25) is 0 Å². The molecule has 8 heteroatoms. The summed E-state index contributed by atoms with van der Waals surface area (Å²) < 4.78 is 7.05. The van der Waals surface area contributed by atoms with E-state index in [4.69, 9.17) is 4.74 Å². The lowest BCUT2D eigenvalue weighted by Gasteiger charge is -2.09. The van der Waals surface area contributed by atoms with Crippen molar-refractivity contribution < 1.29 is 9.53 Å². The summed E-state index contributed by atoms with van der Waals surface area (Å²) in [4.78, 5) is 28.8. The van der Waals surface area contributed by atoms with Crippen LogP contribution in [0.1, 0.15) is 37.4 Å². The molecule has 0 unspecified atom stereocenters. The number of aryl methyl sites for hydroxylation is 1. The standard InChI is InChI=1S/C18H20N4O3S/c1-3-6-15(23)19-12-7-5-8-14(9-12)25-11-13-10-17(24)22-18(20-13)26-16(4-2)21-22/h5,7-10H,3-4,6,11H2,1-2H3,(H,19,23). The number of carbonyl (C=O) groups is 1. The van der Waals surface area contributed by atoms with Gasteiger partial charge in [-0.2, -0.15) is 9.61 Å². The van der Waals surface area contributed by atoms with Crippen molar-refractivity contribution in [3.8, 4) is 5.75 Å². The van der Waals surface area contributed by atoms with Gasteiger partial charge in [0.1, 0.15) is 17.4 Å². The smallest absolute Gasteiger partial charge is 0.275 e. The van der Waals surface area contributed by atoms with Crippen molar-refractivity contribution in [2.45, 2.75) is 39.7 Å². The number of amides is 1. The molecule has 2 heterocycles. The molecule has 0 aliphatic rings. The molecule has 0 aliphatic carbocycles. The predicted molar refractivity (Wildman–Crippen MR) is 101 cm³/mol. The molecule has 1 aromatic carbocycles. The molecule has 0 atom stereocenters. The van der Waals surface area contributed by atoms with Gasteiger partial charge in [0, 0.05) is 24.2 Å². The maximum Gasteiger partial charge on any atom is 0.275 e. The summed E-state index contributed by atoms with van der Waals surface area (Å²) in [5.41, 5.74) is 1.01. The Kier molecular flexibility index (Phi) is 5.62. The van der Waals surface area contributed by atoms with Crippen LogP contribution in [-0.4, -0.2) is 20.5 Å². The number of nitrogens with one attached hydrogen (secondary N) is 1. The molecule has 1 N–H and O–H groups in total. The van der Waals surface area contributed by atoms with Crippen LogP contribution < -0.4 is 15.6 Å². The first kappa shape index (κ1) is 18.1. The number of fused-ring (bicyclic) bond motifs is 1. The number of hydrogen-bond acceptors (Lipinski definition) is 6. The maximum absolute atomic E-state index is 12.1. The molecule has 0 bridgehead atoms. The van der Waals surface area contributed by atoms with Gasteiger partial charge in [-0.25, -0.2) is 4.98 Å². The van der Waals surface area contributed by atoms with E-state index in [1.165, 1.54) is 21.9 Å². The zero-order valence-corrected chi connectivity index (χ0v) is 15.5. The summed E-state index contributed by atoms with van der Waals surface area (Å²) in [5.74, 6) is 0.571. The van der Waals surface area contributed by atoms with Crippen molar-refractivity contribution in [2.24, 2.45) is 0 Å². The van der Waals surface area contributed by atoms with Crippen molar-refractivity contribution in [1.82, 2.24) is 14.6 Å². The molecular formula is C18H20N4O3S. The van der Waals surface area contributed by atoms with Gasteiger partial charge in [0.25, 0.3) is 5.56 Å². The minimum Gasteiger partial charge on any atom is -0.487 e. The molecule has 0 radical (unpaired) electrons. The average molecular weight is 372 g/mol. The Balaban J connectivity index is 1.71.